The SMILES string of the molecule is CCCCCOc1ccc(C(=O)Oc2cc(F)c(F)nc2F)cc1. The molecule has 0 aliphatic rings. The van der Waals surface area contributed by atoms with Crippen molar-refractivity contribution >= 4 is 5.97 Å². The van der Waals surface area contributed by atoms with Crippen LogP contribution >= 0.6 is 0 Å². The van der Waals surface area contributed by atoms with Crippen molar-refractivity contribution in [3.63, 3.8) is 0 Å². The molecule has 128 valence electrons. The number of hydrogen-bond acceptors (Lipinski definition) is 4. The average Bonchev–Trinajstić information content (AvgIpc) is 2.57. The number of carbonyl (C=O) groups excluding carboxylic acids is 1. The van der Waals surface area contributed by atoms with Crippen molar-refractivity contribution in [2.24, 2.45) is 0 Å². The molecule has 0 atom stereocenters. The summed E-state index contributed by atoms with van der Waals surface area (Å²) in [6.45, 7) is 2.66. The molecule has 0 unspecified atom stereocenters. The molecular formula is C17H16F3NO3. The minimum Gasteiger partial charge on any atom is -0.494 e. The largest absolute Gasteiger partial charge is 0.494 e. The van der Waals surface area contributed by atoms with Crippen LogP contribution in [0.4, 0.5) is 13.2 Å². The van der Waals surface area contributed by atoms with Gasteiger partial charge in [-0.05, 0) is 30.7 Å². The van der Waals surface area contributed by atoms with E-state index in [1.165, 1.54) is 12.1 Å². The predicted octanol–water partition coefficient (Wildman–Crippen LogP) is 4.29. The molecule has 0 saturated heterocycles. The van der Waals surface area contributed by atoms with E-state index < -0.39 is 29.4 Å². The van der Waals surface area contributed by atoms with Crippen molar-refractivity contribution in [3.8, 4) is 11.5 Å². The van der Waals surface area contributed by atoms with Crippen LogP contribution in [0, 0.1) is 17.7 Å². The molecule has 0 bridgehead atoms. The zero-order chi connectivity index (χ0) is 17.5. The van der Waals surface area contributed by atoms with E-state index in [2.05, 4.69) is 11.9 Å². The van der Waals surface area contributed by atoms with Gasteiger partial charge in [-0.15, -0.1) is 0 Å². The minimum absolute atomic E-state index is 0.111. The summed E-state index contributed by atoms with van der Waals surface area (Å²) in [5, 5.41) is 0. The van der Waals surface area contributed by atoms with E-state index in [1.54, 1.807) is 12.1 Å². The highest BCUT2D eigenvalue weighted by Crippen LogP contribution is 2.20. The molecule has 7 heteroatoms. The van der Waals surface area contributed by atoms with Crippen LogP contribution in [-0.4, -0.2) is 17.6 Å². The van der Waals surface area contributed by atoms with E-state index in [9.17, 15) is 18.0 Å². The Morgan fingerprint density at radius 1 is 1.08 bits per heavy atom. The quantitative estimate of drug-likeness (QED) is 0.429. The summed E-state index contributed by atoms with van der Waals surface area (Å²) in [7, 11) is 0. The first-order valence-electron chi connectivity index (χ1n) is 7.48. The Bertz CT molecular complexity index is 705. The molecule has 1 aromatic carbocycles. The van der Waals surface area contributed by atoms with Crippen LogP contribution in [0.3, 0.4) is 0 Å². The van der Waals surface area contributed by atoms with Gasteiger partial charge in [0, 0.05) is 6.07 Å². The highest BCUT2D eigenvalue weighted by Gasteiger charge is 2.17. The molecule has 24 heavy (non-hydrogen) atoms. The fourth-order valence-corrected chi connectivity index (χ4v) is 1.89. The van der Waals surface area contributed by atoms with Crippen molar-refractivity contribution in [2.45, 2.75) is 26.2 Å². The number of ether oxygens (including phenoxy) is 2. The third kappa shape index (κ3) is 4.71. The number of hydrogen-bond donors (Lipinski definition) is 0. The van der Waals surface area contributed by atoms with E-state index in [4.69, 9.17) is 9.47 Å². The normalized spacial score (nSPS) is 10.5. The van der Waals surface area contributed by atoms with E-state index in [0.29, 0.717) is 18.4 Å². The number of pyridine rings is 1. The molecule has 0 saturated carbocycles. The van der Waals surface area contributed by atoms with Gasteiger partial charge >= 0.3 is 5.97 Å². The Morgan fingerprint density at radius 2 is 1.79 bits per heavy atom. The summed E-state index contributed by atoms with van der Waals surface area (Å²) in [6.07, 6.45) is 3.09. The van der Waals surface area contributed by atoms with Crippen LogP contribution in [0.15, 0.2) is 30.3 Å². The molecule has 0 N–H and O–H groups in total. The minimum atomic E-state index is -1.60. The molecule has 0 amide bonds. The molecular weight excluding hydrogens is 323 g/mol. The molecule has 0 radical (unpaired) electrons. The molecule has 1 heterocycles. The fourth-order valence-electron chi connectivity index (χ4n) is 1.89. The Morgan fingerprint density at radius 3 is 2.46 bits per heavy atom. The van der Waals surface area contributed by atoms with Crippen LogP contribution in [0.1, 0.15) is 36.5 Å². The van der Waals surface area contributed by atoms with E-state index in [0.717, 1.165) is 19.3 Å². The van der Waals surface area contributed by atoms with Crippen molar-refractivity contribution < 1.29 is 27.4 Å². The standard InChI is InChI=1S/C17H16F3NO3/c1-2-3-4-9-23-12-7-5-11(6-8-12)17(22)24-14-10-13(18)15(19)21-16(14)20/h5-8,10H,2-4,9H2,1H3. The number of aromatic nitrogens is 1. The number of esters is 1. The number of nitrogens with zero attached hydrogens (tertiary/aromatic N) is 1. The summed E-state index contributed by atoms with van der Waals surface area (Å²) >= 11 is 0. The summed E-state index contributed by atoms with van der Waals surface area (Å²) in [5.74, 6) is -5.52. The highest BCUT2D eigenvalue weighted by molar-refractivity contribution is 5.91. The number of halogens is 3. The number of carbonyl (C=O) groups is 1. The van der Waals surface area contributed by atoms with Crippen molar-refractivity contribution in [2.75, 3.05) is 6.61 Å². The van der Waals surface area contributed by atoms with E-state index in [1.807, 2.05) is 0 Å². The monoisotopic (exact) mass is 339 g/mol. The van der Waals surface area contributed by atoms with Gasteiger partial charge in [0.1, 0.15) is 5.75 Å². The summed E-state index contributed by atoms with van der Waals surface area (Å²) in [5.41, 5.74) is 0.111. The van der Waals surface area contributed by atoms with Gasteiger partial charge in [0.05, 0.1) is 12.2 Å². The van der Waals surface area contributed by atoms with Crippen LogP contribution < -0.4 is 9.47 Å². The molecule has 4 nitrogen and oxygen atoms in total. The van der Waals surface area contributed by atoms with Gasteiger partial charge in [-0.1, -0.05) is 19.8 Å². The third-order valence-corrected chi connectivity index (χ3v) is 3.16. The predicted molar refractivity (Wildman–Crippen MR) is 80.5 cm³/mol. The summed E-state index contributed by atoms with van der Waals surface area (Å²) in [4.78, 5) is 14.6. The van der Waals surface area contributed by atoms with Crippen LogP contribution in [0.5, 0.6) is 11.5 Å². The molecule has 0 spiro atoms. The van der Waals surface area contributed by atoms with Crippen LogP contribution in [-0.2, 0) is 0 Å². The second kappa shape index (κ2) is 8.33. The van der Waals surface area contributed by atoms with E-state index in [-0.39, 0.29) is 5.56 Å². The number of unbranched alkanes of at least 4 members (excludes halogenated alkanes) is 2. The third-order valence-electron chi connectivity index (χ3n) is 3.16. The van der Waals surface area contributed by atoms with Crippen molar-refractivity contribution in [1.29, 1.82) is 0 Å². The Labute approximate surface area is 137 Å². The van der Waals surface area contributed by atoms with Crippen molar-refractivity contribution in [3.05, 3.63) is 53.6 Å². The maximum atomic E-state index is 13.4. The van der Waals surface area contributed by atoms with Gasteiger partial charge in [0.25, 0.3) is 11.9 Å². The lowest BCUT2D eigenvalue weighted by Gasteiger charge is -2.08. The highest BCUT2D eigenvalue weighted by atomic mass is 19.2. The van der Waals surface area contributed by atoms with Gasteiger partial charge in [-0.3, -0.25) is 0 Å². The first kappa shape index (κ1) is 17.8. The van der Waals surface area contributed by atoms with Crippen LogP contribution in [0.2, 0.25) is 0 Å². The fraction of sp³-hybridized carbons (Fsp3) is 0.294. The molecule has 2 aromatic rings. The van der Waals surface area contributed by atoms with Crippen molar-refractivity contribution in [1.82, 2.24) is 4.98 Å². The lowest BCUT2D eigenvalue weighted by atomic mass is 10.2. The molecule has 0 fully saturated rings. The number of benzene rings is 1. The van der Waals surface area contributed by atoms with Gasteiger partial charge in [-0.2, -0.15) is 13.8 Å². The zero-order valence-electron chi connectivity index (χ0n) is 13.0. The smallest absolute Gasteiger partial charge is 0.343 e. The maximum Gasteiger partial charge on any atom is 0.343 e. The first-order chi connectivity index (χ1) is 11.5. The van der Waals surface area contributed by atoms with Gasteiger partial charge < -0.3 is 9.47 Å². The summed E-state index contributed by atoms with van der Waals surface area (Å²) < 4.78 is 49.3. The lowest BCUT2D eigenvalue weighted by Crippen LogP contribution is -2.11. The van der Waals surface area contributed by atoms with Gasteiger partial charge in [0.15, 0.2) is 11.6 Å². The van der Waals surface area contributed by atoms with Crippen LogP contribution in [0.25, 0.3) is 0 Å². The first-order valence-corrected chi connectivity index (χ1v) is 7.48. The Hall–Kier alpha value is -2.57. The topological polar surface area (TPSA) is 48.4 Å². The lowest BCUT2D eigenvalue weighted by molar-refractivity contribution is 0.0724. The van der Waals surface area contributed by atoms with Gasteiger partial charge in [0.2, 0.25) is 0 Å². The summed E-state index contributed by atoms with van der Waals surface area (Å²) in [6, 6.07) is 6.44. The second-order valence-electron chi connectivity index (χ2n) is 5.02. The average molecular weight is 339 g/mol. The molecule has 0 aliphatic heterocycles. The maximum absolute atomic E-state index is 13.4. The molecule has 2 rings (SSSR count). The zero-order valence-corrected chi connectivity index (χ0v) is 13.0. The number of rotatable bonds is 7. The van der Waals surface area contributed by atoms with Gasteiger partial charge in [-0.25, -0.2) is 9.18 Å². The Balaban J connectivity index is 1.99. The molecule has 0 aliphatic carbocycles. The second-order valence-corrected chi connectivity index (χ2v) is 5.02. The Kier molecular flexibility index (Phi) is 6.17. The molecule has 1 aromatic heterocycles. The van der Waals surface area contributed by atoms with E-state index >= 15 is 0 Å².